The van der Waals surface area contributed by atoms with Crippen molar-refractivity contribution in [2.75, 3.05) is 13.1 Å². The van der Waals surface area contributed by atoms with Crippen LogP contribution in [0.2, 0.25) is 0 Å². The molecule has 0 saturated carbocycles. The zero-order valence-corrected chi connectivity index (χ0v) is 13.4. The van der Waals surface area contributed by atoms with Crippen LogP contribution in [-0.2, 0) is 13.5 Å². The molecule has 1 aromatic heterocycles. The van der Waals surface area contributed by atoms with E-state index in [1.54, 1.807) is 36.1 Å². The third-order valence-electron chi connectivity index (χ3n) is 4.58. The molecule has 1 aliphatic rings. The Hall–Kier alpha value is -2.17. The Morgan fingerprint density at radius 1 is 1.39 bits per heavy atom. The van der Waals surface area contributed by atoms with Gasteiger partial charge in [0, 0.05) is 26.3 Å². The van der Waals surface area contributed by atoms with Gasteiger partial charge in [-0.2, -0.15) is 5.10 Å². The fourth-order valence-corrected chi connectivity index (χ4v) is 3.29. The molecule has 23 heavy (non-hydrogen) atoms. The number of hydrogen-bond donors (Lipinski definition) is 0. The van der Waals surface area contributed by atoms with E-state index in [0.717, 1.165) is 44.3 Å². The van der Waals surface area contributed by atoms with Gasteiger partial charge in [0.2, 0.25) is 0 Å². The Morgan fingerprint density at radius 2 is 2.26 bits per heavy atom. The summed E-state index contributed by atoms with van der Waals surface area (Å²) in [5.74, 6) is 0.351. The number of hydrogen-bond acceptors (Lipinski definition) is 2. The van der Waals surface area contributed by atoms with Gasteiger partial charge in [-0.25, -0.2) is 4.39 Å². The van der Waals surface area contributed by atoms with E-state index in [9.17, 15) is 9.18 Å². The number of nitrogens with zero attached hydrogens (tertiary/aromatic N) is 3. The number of carbonyl (C=O) groups is 1. The average molecular weight is 315 g/mol. The molecule has 3 rings (SSSR count). The first-order valence-electron chi connectivity index (χ1n) is 8.15. The van der Waals surface area contributed by atoms with Crippen molar-refractivity contribution >= 4 is 5.91 Å². The first-order chi connectivity index (χ1) is 11.1. The predicted octanol–water partition coefficient (Wildman–Crippen LogP) is 3.04. The van der Waals surface area contributed by atoms with Gasteiger partial charge in [0.15, 0.2) is 0 Å². The molecular formula is C18H22FN3O. The van der Waals surface area contributed by atoms with Crippen molar-refractivity contribution in [3.8, 4) is 0 Å². The lowest BCUT2D eigenvalue weighted by molar-refractivity contribution is 0.0657. The van der Waals surface area contributed by atoms with Crippen LogP contribution in [0.1, 0.15) is 35.3 Å². The maximum atomic E-state index is 13.2. The number of aryl methyl sites for hydroxylation is 2. The van der Waals surface area contributed by atoms with Crippen molar-refractivity contribution in [3.05, 3.63) is 53.6 Å². The molecular weight excluding hydrogens is 293 g/mol. The fourth-order valence-electron chi connectivity index (χ4n) is 3.29. The van der Waals surface area contributed by atoms with E-state index >= 15 is 0 Å². The lowest BCUT2D eigenvalue weighted by Crippen LogP contribution is -2.40. The second-order valence-corrected chi connectivity index (χ2v) is 6.27. The molecule has 1 atom stereocenters. The third-order valence-corrected chi connectivity index (χ3v) is 4.58. The number of likely N-dealkylation sites (tertiary alicyclic amines) is 1. The van der Waals surface area contributed by atoms with E-state index in [4.69, 9.17) is 0 Å². The Labute approximate surface area is 135 Å². The molecule has 0 aliphatic carbocycles. The summed E-state index contributed by atoms with van der Waals surface area (Å²) in [7, 11) is 1.79. The van der Waals surface area contributed by atoms with Gasteiger partial charge in [-0.1, -0.05) is 12.1 Å². The number of rotatable bonds is 4. The minimum Gasteiger partial charge on any atom is -0.337 e. The Morgan fingerprint density at radius 3 is 3.00 bits per heavy atom. The smallest absolute Gasteiger partial charge is 0.272 e. The van der Waals surface area contributed by atoms with E-state index in [1.807, 2.05) is 11.0 Å². The maximum absolute atomic E-state index is 13.2. The number of piperidine rings is 1. The molecule has 2 heterocycles. The molecule has 1 fully saturated rings. The minimum atomic E-state index is -0.181. The summed E-state index contributed by atoms with van der Waals surface area (Å²) >= 11 is 0. The van der Waals surface area contributed by atoms with Crippen molar-refractivity contribution in [3.63, 3.8) is 0 Å². The summed E-state index contributed by atoms with van der Waals surface area (Å²) in [6.07, 6.45) is 5.65. The first-order valence-corrected chi connectivity index (χ1v) is 8.15. The monoisotopic (exact) mass is 315 g/mol. The Kier molecular flexibility index (Phi) is 4.74. The van der Waals surface area contributed by atoms with Crippen molar-refractivity contribution in [2.24, 2.45) is 13.0 Å². The normalized spacial score (nSPS) is 18.2. The lowest BCUT2D eigenvalue weighted by atomic mass is 9.91. The van der Waals surface area contributed by atoms with Gasteiger partial charge < -0.3 is 4.90 Å². The number of benzene rings is 1. The maximum Gasteiger partial charge on any atom is 0.272 e. The van der Waals surface area contributed by atoms with E-state index < -0.39 is 0 Å². The fraction of sp³-hybridized carbons (Fsp3) is 0.444. The summed E-state index contributed by atoms with van der Waals surface area (Å²) in [6.45, 7) is 1.58. The van der Waals surface area contributed by atoms with Crippen LogP contribution in [0.3, 0.4) is 0 Å². The number of amides is 1. The quantitative estimate of drug-likeness (QED) is 0.870. The Bertz CT molecular complexity index is 682. The largest absolute Gasteiger partial charge is 0.337 e. The summed E-state index contributed by atoms with van der Waals surface area (Å²) in [4.78, 5) is 14.5. The molecule has 122 valence electrons. The zero-order chi connectivity index (χ0) is 16.2. The SMILES string of the molecule is Cn1nccc1C(=O)N1CCCC(CCc2cccc(F)c2)C1. The lowest BCUT2D eigenvalue weighted by Gasteiger charge is -2.32. The van der Waals surface area contributed by atoms with Crippen molar-refractivity contribution in [1.29, 1.82) is 0 Å². The van der Waals surface area contributed by atoms with Crippen LogP contribution < -0.4 is 0 Å². The summed E-state index contributed by atoms with van der Waals surface area (Å²) in [5.41, 5.74) is 1.66. The highest BCUT2D eigenvalue weighted by Crippen LogP contribution is 2.23. The van der Waals surface area contributed by atoms with Crippen molar-refractivity contribution < 1.29 is 9.18 Å². The molecule has 5 heteroatoms. The second-order valence-electron chi connectivity index (χ2n) is 6.27. The van der Waals surface area contributed by atoms with E-state index in [1.165, 1.54) is 6.07 Å². The van der Waals surface area contributed by atoms with Crippen LogP contribution in [0.25, 0.3) is 0 Å². The van der Waals surface area contributed by atoms with Gasteiger partial charge in [-0.15, -0.1) is 0 Å². The van der Waals surface area contributed by atoms with E-state index in [2.05, 4.69) is 5.10 Å². The number of carbonyl (C=O) groups excluding carboxylic acids is 1. The third kappa shape index (κ3) is 3.78. The number of halogens is 1. The number of aromatic nitrogens is 2. The standard InChI is InChI=1S/C18H22FN3O/c1-21-17(9-10-20-21)18(23)22-11-3-5-15(13-22)8-7-14-4-2-6-16(19)12-14/h2,4,6,9-10,12,15H,3,5,7-8,11,13H2,1H3. The molecule has 0 bridgehead atoms. The van der Waals surface area contributed by atoms with Crippen molar-refractivity contribution in [1.82, 2.24) is 14.7 Å². The highest BCUT2D eigenvalue weighted by atomic mass is 19.1. The molecule has 1 saturated heterocycles. The predicted molar refractivity (Wildman–Crippen MR) is 86.6 cm³/mol. The zero-order valence-electron chi connectivity index (χ0n) is 13.4. The molecule has 4 nitrogen and oxygen atoms in total. The van der Waals surface area contributed by atoms with Crippen molar-refractivity contribution in [2.45, 2.75) is 25.7 Å². The van der Waals surface area contributed by atoms with Gasteiger partial charge in [0.25, 0.3) is 5.91 Å². The highest BCUT2D eigenvalue weighted by molar-refractivity contribution is 5.92. The molecule has 1 unspecified atom stereocenters. The molecule has 1 amide bonds. The van der Waals surface area contributed by atoms with Gasteiger partial charge in [-0.05, 0) is 55.4 Å². The first kappa shape index (κ1) is 15.7. The van der Waals surface area contributed by atoms with Gasteiger partial charge in [-0.3, -0.25) is 9.48 Å². The molecule has 0 spiro atoms. The minimum absolute atomic E-state index is 0.0560. The molecule has 0 radical (unpaired) electrons. The molecule has 1 aromatic carbocycles. The van der Waals surface area contributed by atoms with Crippen LogP contribution in [0.5, 0.6) is 0 Å². The van der Waals surface area contributed by atoms with Crippen LogP contribution in [-0.4, -0.2) is 33.7 Å². The van der Waals surface area contributed by atoms with Gasteiger partial charge >= 0.3 is 0 Å². The average Bonchev–Trinajstić information content (AvgIpc) is 2.99. The topological polar surface area (TPSA) is 38.1 Å². The van der Waals surface area contributed by atoms with Crippen LogP contribution in [0.15, 0.2) is 36.5 Å². The second kappa shape index (κ2) is 6.94. The summed E-state index contributed by atoms with van der Waals surface area (Å²) in [6, 6.07) is 8.55. The van der Waals surface area contributed by atoms with Crippen LogP contribution in [0, 0.1) is 11.7 Å². The van der Waals surface area contributed by atoms with Crippen LogP contribution in [0.4, 0.5) is 4.39 Å². The van der Waals surface area contributed by atoms with E-state index in [-0.39, 0.29) is 11.7 Å². The molecule has 1 aliphatic heterocycles. The van der Waals surface area contributed by atoms with Gasteiger partial charge in [0.1, 0.15) is 11.5 Å². The highest BCUT2D eigenvalue weighted by Gasteiger charge is 2.25. The Balaban J connectivity index is 1.58. The summed E-state index contributed by atoms with van der Waals surface area (Å²) in [5, 5.41) is 4.07. The van der Waals surface area contributed by atoms with E-state index in [0.29, 0.717) is 11.6 Å². The van der Waals surface area contributed by atoms with Gasteiger partial charge in [0.05, 0.1) is 0 Å². The summed E-state index contributed by atoms with van der Waals surface area (Å²) < 4.78 is 14.9. The van der Waals surface area contributed by atoms with Crippen LogP contribution >= 0.6 is 0 Å². The molecule has 2 aromatic rings. The molecule has 0 N–H and O–H groups in total.